The van der Waals surface area contributed by atoms with Crippen molar-refractivity contribution in [1.82, 2.24) is 15.1 Å². The van der Waals surface area contributed by atoms with Gasteiger partial charge in [-0.3, -0.25) is 29.4 Å². The monoisotopic (exact) mass is 498 g/mol. The molecule has 0 bridgehead atoms. The first-order valence-corrected chi connectivity index (χ1v) is 12.5. The van der Waals surface area contributed by atoms with E-state index in [9.17, 15) is 24.0 Å². The fourth-order valence-corrected chi connectivity index (χ4v) is 5.08. The molecule has 10 heteroatoms. The van der Waals surface area contributed by atoms with E-state index in [1.54, 1.807) is 23.1 Å². The molecule has 0 spiro atoms. The predicted octanol–water partition coefficient (Wildman–Crippen LogP) is 2.78. The molecule has 0 aromatic heterocycles. The highest BCUT2D eigenvalue weighted by molar-refractivity contribution is 6.25. The predicted molar refractivity (Wildman–Crippen MR) is 131 cm³/mol. The van der Waals surface area contributed by atoms with E-state index in [2.05, 4.69) is 17.6 Å². The summed E-state index contributed by atoms with van der Waals surface area (Å²) >= 11 is 0. The Labute approximate surface area is 210 Å². The van der Waals surface area contributed by atoms with Crippen LogP contribution < -0.4 is 10.6 Å². The van der Waals surface area contributed by atoms with Crippen molar-refractivity contribution in [3.8, 4) is 0 Å². The van der Waals surface area contributed by atoms with Gasteiger partial charge in [-0.05, 0) is 64.0 Å². The molecule has 0 aliphatic carbocycles. The van der Waals surface area contributed by atoms with Gasteiger partial charge in [0.2, 0.25) is 11.8 Å². The van der Waals surface area contributed by atoms with Gasteiger partial charge in [0.25, 0.3) is 11.8 Å². The van der Waals surface area contributed by atoms with Crippen LogP contribution in [0.3, 0.4) is 0 Å². The average Bonchev–Trinajstić information content (AvgIpc) is 3.07. The number of hydrogen-bond acceptors (Lipinski definition) is 7. The third-order valence-corrected chi connectivity index (χ3v) is 7.08. The molecule has 2 atom stereocenters. The fraction of sp³-hybridized carbons (Fsp3) is 0.577. The summed E-state index contributed by atoms with van der Waals surface area (Å²) in [5, 5.41) is 5.55. The Morgan fingerprint density at radius 3 is 2.44 bits per heavy atom. The lowest BCUT2D eigenvalue weighted by Gasteiger charge is -2.36. The zero-order chi connectivity index (χ0) is 26.2. The number of rotatable bonds is 5. The topological polar surface area (TPSA) is 125 Å². The van der Waals surface area contributed by atoms with Crippen molar-refractivity contribution in [1.29, 1.82) is 0 Å². The van der Waals surface area contributed by atoms with Gasteiger partial charge in [-0.2, -0.15) is 0 Å². The van der Waals surface area contributed by atoms with E-state index >= 15 is 0 Å². The van der Waals surface area contributed by atoms with Crippen LogP contribution in [-0.2, 0) is 14.3 Å². The van der Waals surface area contributed by atoms with E-state index < -0.39 is 35.3 Å². The first kappa shape index (κ1) is 25.7. The summed E-state index contributed by atoms with van der Waals surface area (Å²) in [6.45, 7) is 9.56. The molecule has 36 heavy (non-hydrogen) atoms. The Kier molecular flexibility index (Phi) is 7.06. The van der Waals surface area contributed by atoms with Crippen LogP contribution in [0.4, 0.5) is 10.5 Å². The largest absolute Gasteiger partial charge is 0.444 e. The van der Waals surface area contributed by atoms with Gasteiger partial charge in [-0.15, -0.1) is 0 Å². The number of anilines is 1. The van der Waals surface area contributed by atoms with E-state index in [0.29, 0.717) is 31.2 Å². The summed E-state index contributed by atoms with van der Waals surface area (Å²) in [5.74, 6) is -1.41. The summed E-state index contributed by atoms with van der Waals surface area (Å²) in [6, 6.07) is 4.07. The van der Waals surface area contributed by atoms with Crippen LogP contribution in [0.2, 0.25) is 0 Å². The van der Waals surface area contributed by atoms with Gasteiger partial charge in [0.1, 0.15) is 11.6 Å². The van der Waals surface area contributed by atoms with Crippen molar-refractivity contribution in [2.24, 2.45) is 11.8 Å². The molecule has 4 rings (SSSR count). The van der Waals surface area contributed by atoms with Crippen molar-refractivity contribution in [2.75, 3.05) is 25.0 Å². The first-order valence-electron chi connectivity index (χ1n) is 12.5. The summed E-state index contributed by atoms with van der Waals surface area (Å²) < 4.78 is 5.47. The van der Waals surface area contributed by atoms with E-state index in [0.717, 1.165) is 17.7 Å². The number of nitrogens with one attached hydrogen (secondary N) is 2. The van der Waals surface area contributed by atoms with Gasteiger partial charge in [0, 0.05) is 31.7 Å². The minimum absolute atomic E-state index is 0.0825. The van der Waals surface area contributed by atoms with Crippen LogP contribution in [0.1, 0.15) is 74.1 Å². The summed E-state index contributed by atoms with van der Waals surface area (Å²) in [5.41, 5.74) is 0.555. The number of likely N-dealkylation sites (tertiary alicyclic amines) is 1. The Morgan fingerprint density at radius 2 is 1.81 bits per heavy atom. The molecule has 2 fully saturated rings. The number of nitrogens with zero attached hydrogens (tertiary/aromatic N) is 2. The number of ether oxygens (including phenoxy) is 1. The first-order chi connectivity index (χ1) is 17.0. The maximum atomic E-state index is 13.3. The molecule has 2 saturated heterocycles. The lowest BCUT2D eigenvalue weighted by Crippen LogP contribution is -2.54. The SMILES string of the molecule is C[C@H](CNc1cccc2c1C(=O)N(C1CCC(=O)NC1=O)C2=O)C1CCN(C(=O)OC(C)(C)C)CC1. The standard InChI is InChI=1S/C26H34N4O6/c1-15(16-10-12-29(13-11-16)25(35)36-26(2,3)4)14-27-18-7-5-6-17-21(18)24(34)30(23(17)33)19-8-9-20(31)28-22(19)32/h5-7,15-16,19,27H,8-14H2,1-4H3,(H,28,31,32)/t15-,19?/m1/s1. The van der Waals surface area contributed by atoms with Crippen LogP contribution >= 0.6 is 0 Å². The number of carbonyl (C=O) groups excluding carboxylic acids is 5. The van der Waals surface area contributed by atoms with Crippen molar-refractivity contribution >= 4 is 35.4 Å². The summed E-state index contributed by atoms with van der Waals surface area (Å²) in [7, 11) is 0. The Balaban J connectivity index is 1.37. The molecule has 5 amide bonds. The van der Waals surface area contributed by atoms with Crippen molar-refractivity contribution < 1.29 is 28.7 Å². The second-order valence-corrected chi connectivity index (χ2v) is 10.8. The van der Waals surface area contributed by atoms with Gasteiger partial charge in [-0.1, -0.05) is 13.0 Å². The number of fused-ring (bicyclic) bond motifs is 1. The summed E-state index contributed by atoms with van der Waals surface area (Å²) in [4.78, 5) is 65.1. The summed E-state index contributed by atoms with van der Waals surface area (Å²) in [6.07, 6.45) is 1.64. The van der Waals surface area contributed by atoms with Crippen LogP contribution in [0.25, 0.3) is 0 Å². The quantitative estimate of drug-likeness (QED) is 0.598. The fourth-order valence-electron chi connectivity index (χ4n) is 5.08. The van der Waals surface area contributed by atoms with Gasteiger partial charge in [-0.25, -0.2) is 4.79 Å². The lowest BCUT2D eigenvalue weighted by atomic mass is 9.85. The number of amides is 5. The van der Waals surface area contributed by atoms with Crippen LogP contribution in [-0.4, -0.2) is 70.8 Å². The third kappa shape index (κ3) is 5.22. The number of piperidine rings is 2. The van der Waals surface area contributed by atoms with Crippen molar-refractivity contribution in [3.05, 3.63) is 29.3 Å². The van der Waals surface area contributed by atoms with Crippen LogP contribution in [0, 0.1) is 11.8 Å². The maximum absolute atomic E-state index is 13.3. The van der Waals surface area contributed by atoms with E-state index in [1.807, 2.05) is 20.8 Å². The minimum atomic E-state index is -0.989. The van der Waals surface area contributed by atoms with E-state index in [-0.39, 0.29) is 36.0 Å². The molecule has 1 aromatic rings. The number of hydrogen-bond donors (Lipinski definition) is 2. The molecule has 2 N–H and O–H groups in total. The molecular weight excluding hydrogens is 464 g/mol. The second kappa shape index (κ2) is 9.91. The average molecular weight is 499 g/mol. The van der Waals surface area contributed by atoms with Crippen molar-refractivity contribution in [3.63, 3.8) is 0 Å². The highest BCUT2D eigenvalue weighted by atomic mass is 16.6. The molecule has 0 saturated carbocycles. The molecule has 1 unspecified atom stereocenters. The molecule has 3 aliphatic heterocycles. The van der Waals surface area contributed by atoms with Crippen LogP contribution in [0.15, 0.2) is 18.2 Å². The van der Waals surface area contributed by atoms with Gasteiger partial charge in [0.05, 0.1) is 11.1 Å². The minimum Gasteiger partial charge on any atom is -0.444 e. The maximum Gasteiger partial charge on any atom is 0.410 e. The number of imide groups is 2. The Bertz CT molecular complexity index is 1090. The lowest BCUT2D eigenvalue weighted by molar-refractivity contribution is -0.136. The normalized spacial score (nSPS) is 21.8. The second-order valence-electron chi connectivity index (χ2n) is 10.8. The van der Waals surface area contributed by atoms with Gasteiger partial charge < -0.3 is 15.0 Å². The smallest absolute Gasteiger partial charge is 0.410 e. The van der Waals surface area contributed by atoms with Crippen molar-refractivity contribution in [2.45, 2.75) is 65.0 Å². The molecule has 194 valence electrons. The Morgan fingerprint density at radius 1 is 1.11 bits per heavy atom. The van der Waals surface area contributed by atoms with E-state index in [4.69, 9.17) is 4.74 Å². The molecule has 1 aromatic carbocycles. The molecule has 3 aliphatic rings. The van der Waals surface area contributed by atoms with E-state index in [1.165, 1.54) is 0 Å². The van der Waals surface area contributed by atoms with Gasteiger partial charge >= 0.3 is 6.09 Å². The molecule has 10 nitrogen and oxygen atoms in total. The molecule has 3 heterocycles. The van der Waals surface area contributed by atoms with Gasteiger partial charge in [0.15, 0.2) is 0 Å². The third-order valence-electron chi connectivity index (χ3n) is 7.08. The zero-order valence-electron chi connectivity index (χ0n) is 21.3. The highest BCUT2D eigenvalue weighted by Gasteiger charge is 2.45. The van der Waals surface area contributed by atoms with Crippen LogP contribution in [0.5, 0.6) is 0 Å². The molecule has 0 radical (unpaired) electrons. The zero-order valence-corrected chi connectivity index (χ0v) is 21.3. The highest BCUT2D eigenvalue weighted by Crippen LogP contribution is 2.33. The number of benzene rings is 1. The Hall–Kier alpha value is -3.43. The molecular formula is C26H34N4O6. The number of carbonyl (C=O) groups is 5.